The Morgan fingerprint density at radius 3 is 2.64 bits per heavy atom. The number of benzene rings is 1. The van der Waals surface area contributed by atoms with E-state index in [-0.39, 0.29) is 12.2 Å². The van der Waals surface area contributed by atoms with Crippen molar-refractivity contribution in [2.75, 3.05) is 25.0 Å². The lowest BCUT2D eigenvalue weighted by molar-refractivity contribution is -0.115. The standard InChI is InChI=1S/C14H21N4O3P/c15-14(20)17-9-13(19)18-11-3-1-2-4-12(11)22(21)10-5-7-16-8-6-10/h1-4,10,16,22H,5-9H2,(H,18,19)(H3,15,17,20). The van der Waals surface area contributed by atoms with Crippen molar-refractivity contribution in [3.05, 3.63) is 24.3 Å². The van der Waals surface area contributed by atoms with Gasteiger partial charge in [0, 0.05) is 11.0 Å². The summed E-state index contributed by atoms with van der Waals surface area (Å²) in [5.74, 6) is -0.397. The summed E-state index contributed by atoms with van der Waals surface area (Å²) < 4.78 is 12.8. The summed E-state index contributed by atoms with van der Waals surface area (Å²) in [5, 5.41) is 8.85. The number of para-hydroxylation sites is 1. The van der Waals surface area contributed by atoms with Crippen LogP contribution in [0.25, 0.3) is 0 Å². The molecule has 1 aromatic rings. The number of hydrogen-bond acceptors (Lipinski definition) is 4. The van der Waals surface area contributed by atoms with Crippen molar-refractivity contribution in [2.45, 2.75) is 18.5 Å². The summed E-state index contributed by atoms with van der Waals surface area (Å²) in [7, 11) is -1.99. The first kappa shape index (κ1) is 16.5. The van der Waals surface area contributed by atoms with Crippen LogP contribution in [-0.2, 0) is 9.36 Å². The number of primary amides is 1. The molecule has 1 aromatic carbocycles. The highest BCUT2D eigenvalue weighted by Crippen LogP contribution is 2.35. The molecule has 2 rings (SSSR count). The Labute approximate surface area is 129 Å². The average Bonchev–Trinajstić information content (AvgIpc) is 2.53. The van der Waals surface area contributed by atoms with Gasteiger partial charge in [-0.25, -0.2) is 4.79 Å². The fraction of sp³-hybridized carbons (Fsp3) is 0.429. The number of carbonyl (C=O) groups excluding carboxylic acids is 2. The molecular formula is C14H21N4O3P. The second kappa shape index (κ2) is 7.96. The van der Waals surface area contributed by atoms with Crippen LogP contribution in [0.15, 0.2) is 24.3 Å². The van der Waals surface area contributed by atoms with Crippen LogP contribution in [0.2, 0.25) is 0 Å². The first-order chi connectivity index (χ1) is 10.6. The molecule has 5 N–H and O–H groups in total. The van der Waals surface area contributed by atoms with Gasteiger partial charge in [0.15, 0.2) is 0 Å². The van der Waals surface area contributed by atoms with Crippen LogP contribution in [0.1, 0.15) is 12.8 Å². The summed E-state index contributed by atoms with van der Waals surface area (Å²) >= 11 is 0. The second-order valence-electron chi connectivity index (χ2n) is 5.20. The number of carbonyl (C=O) groups is 2. The Morgan fingerprint density at radius 1 is 1.27 bits per heavy atom. The van der Waals surface area contributed by atoms with Gasteiger partial charge in [-0.05, 0) is 38.1 Å². The van der Waals surface area contributed by atoms with Gasteiger partial charge in [-0.15, -0.1) is 0 Å². The van der Waals surface area contributed by atoms with E-state index in [1.165, 1.54) is 0 Å². The zero-order valence-corrected chi connectivity index (χ0v) is 13.2. The molecule has 120 valence electrons. The minimum absolute atomic E-state index is 0.160. The van der Waals surface area contributed by atoms with E-state index < -0.39 is 19.7 Å². The Bertz CT molecular complexity index is 573. The fourth-order valence-electron chi connectivity index (χ4n) is 2.47. The Morgan fingerprint density at radius 2 is 1.95 bits per heavy atom. The summed E-state index contributed by atoms with van der Waals surface area (Å²) in [5.41, 5.74) is 5.63. The summed E-state index contributed by atoms with van der Waals surface area (Å²) in [6.45, 7) is 1.54. The maximum absolute atomic E-state index is 12.8. The molecule has 1 aliphatic rings. The summed E-state index contributed by atoms with van der Waals surface area (Å²) in [6.07, 6.45) is 1.76. The molecule has 1 unspecified atom stereocenters. The van der Waals surface area contributed by atoms with E-state index in [0.717, 1.165) is 25.9 Å². The van der Waals surface area contributed by atoms with Gasteiger partial charge in [0.05, 0.1) is 12.2 Å². The highest BCUT2D eigenvalue weighted by Gasteiger charge is 2.22. The molecule has 1 fully saturated rings. The SMILES string of the molecule is NC(=O)NCC(=O)Nc1ccccc1[PH](=O)C1CCNCC1. The Kier molecular flexibility index (Phi) is 5.98. The number of nitrogens with one attached hydrogen (secondary N) is 3. The largest absolute Gasteiger partial charge is 0.352 e. The van der Waals surface area contributed by atoms with Gasteiger partial charge >= 0.3 is 6.03 Å². The first-order valence-corrected chi connectivity index (χ1v) is 8.73. The number of urea groups is 1. The van der Waals surface area contributed by atoms with Crippen molar-refractivity contribution in [2.24, 2.45) is 5.73 Å². The van der Waals surface area contributed by atoms with Gasteiger partial charge < -0.3 is 26.2 Å². The predicted molar refractivity (Wildman–Crippen MR) is 87.2 cm³/mol. The predicted octanol–water partition coefficient (Wildman–Crippen LogP) is 0.230. The highest BCUT2D eigenvalue weighted by molar-refractivity contribution is 7.54. The van der Waals surface area contributed by atoms with E-state index in [4.69, 9.17) is 5.73 Å². The molecule has 1 aliphatic heterocycles. The van der Waals surface area contributed by atoms with Crippen LogP contribution in [-0.4, -0.2) is 37.2 Å². The smallest absolute Gasteiger partial charge is 0.312 e. The van der Waals surface area contributed by atoms with Crippen molar-refractivity contribution in [3.8, 4) is 0 Å². The van der Waals surface area contributed by atoms with E-state index >= 15 is 0 Å². The lowest BCUT2D eigenvalue weighted by Crippen LogP contribution is -2.37. The maximum Gasteiger partial charge on any atom is 0.312 e. The fourth-order valence-corrected chi connectivity index (χ4v) is 4.40. The molecule has 8 heteroatoms. The number of anilines is 1. The number of piperidine rings is 1. The third-order valence-electron chi connectivity index (χ3n) is 3.60. The van der Waals surface area contributed by atoms with Crippen molar-refractivity contribution >= 4 is 30.7 Å². The van der Waals surface area contributed by atoms with E-state index in [9.17, 15) is 14.2 Å². The van der Waals surface area contributed by atoms with Gasteiger partial charge in [0.2, 0.25) is 5.91 Å². The van der Waals surface area contributed by atoms with Crippen molar-refractivity contribution in [3.63, 3.8) is 0 Å². The van der Waals surface area contributed by atoms with Crippen LogP contribution in [0.5, 0.6) is 0 Å². The van der Waals surface area contributed by atoms with E-state index in [1.54, 1.807) is 18.2 Å². The molecular weight excluding hydrogens is 303 g/mol. The lowest BCUT2D eigenvalue weighted by atomic mass is 10.2. The molecule has 1 saturated heterocycles. The first-order valence-electron chi connectivity index (χ1n) is 7.25. The third-order valence-corrected chi connectivity index (χ3v) is 5.89. The molecule has 0 aromatic heterocycles. The van der Waals surface area contributed by atoms with Crippen LogP contribution < -0.4 is 27.0 Å². The summed E-state index contributed by atoms with van der Waals surface area (Å²) in [4.78, 5) is 22.4. The van der Waals surface area contributed by atoms with Crippen LogP contribution >= 0.6 is 7.80 Å². The molecule has 1 heterocycles. The van der Waals surface area contributed by atoms with Gasteiger partial charge in [-0.3, -0.25) is 4.79 Å². The number of rotatable bonds is 5. The minimum Gasteiger partial charge on any atom is -0.352 e. The van der Waals surface area contributed by atoms with Crippen LogP contribution in [0.4, 0.5) is 10.5 Å². The molecule has 0 bridgehead atoms. The quantitative estimate of drug-likeness (QED) is 0.581. The number of nitrogens with two attached hydrogens (primary N) is 1. The zero-order chi connectivity index (χ0) is 15.9. The monoisotopic (exact) mass is 324 g/mol. The molecule has 1 atom stereocenters. The van der Waals surface area contributed by atoms with E-state index in [0.29, 0.717) is 11.0 Å². The molecule has 0 saturated carbocycles. The zero-order valence-electron chi connectivity index (χ0n) is 12.2. The van der Waals surface area contributed by atoms with Crippen LogP contribution in [0, 0.1) is 0 Å². The second-order valence-corrected chi connectivity index (χ2v) is 7.28. The summed E-state index contributed by atoms with van der Waals surface area (Å²) in [6, 6.07) is 6.35. The highest BCUT2D eigenvalue weighted by atomic mass is 31.1. The molecule has 7 nitrogen and oxygen atoms in total. The van der Waals surface area contributed by atoms with Crippen molar-refractivity contribution in [1.82, 2.24) is 10.6 Å². The van der Waals surface area contributed by atoms with E-state index in [1.807, 2.05) is 6.07 Å². The average molecular weight is 324 g/mol. The third kappa shape index (κ3) is 4.58. The topological polar surface area (TPSA) is 113 Å². The maximum atomic E-state index is 12.8. The minimum atomic E-state index is -1.99. The van der Waals surface area contributed by atoms with Gasteiger partial charge in [0.1, 0.15) is 7.80 Å². The normalized spacial score (nSPS) is 16.7. The van der Waals surface area contributed by atoms with E-state index in [2.05, 4.69) is 16.0 Å². The van der Waals surface area contributed by atoms with Crippen molar-refractivity contribution in [1.29, 1.82) is 0 Å². The Balaban J connectivity index is 2.07. The molecule has 3 amide bonds. The lowest BCUT2D eigenvalue weighted by Gasteiger charge is -2.23. The molecule has 0 radical (unpaired) electrons. The number of amides is 3. The Hall–Kier alpha value is -1.85. The molecule has 0 spiro atoms. The van der Waals surface area contributed by atoms with Gasteiger partial charge in [-0.2, -0.15) is 0 Å². The van der Waals surface area contributed by atoms with Crippen molar-refractivity contribution < 1.29 is 14.2 Å². The number of hydrogen-bond donors (Lipinski definition) is 4. The van der Waals surface area contributed by atoms with Gasteiger partial charge in [-0.1, -0.05) is 12.1 Å². The molecule has 22 heavy (non-hydrogen) atoms. The molecule has 0 aliphatic carbocycles. The van der Waals surface area contributed by atoms with Crippen LogP contribution in [0.3, 0.4) is 0 Å². The van der Waals surface area contributed by atoms with Gasteiger partial charge in [0.25, 0.3) is 0 Å².